The first-order chi connectivity index (χ1) is 14.7. The van der Waals surface area contributed by atoms with Crippen molar-refractivity contribution in [1.82, 2.24) is 10.3 Å². The molecule has 166 valence electrons. The fraction of sp³-hybridized carbons (Fsp3) is 0.500. The van der Waals surface area contributed by atoms with Gasteiger partial charge in [-0.3, -0.25) is 9.59 Å². The molecule has 1 fully saturated rings. The van der Waals surface area contributed by atoms with Crippen LogP contribution in [-0.4, -0.2) is 16.7 Å². The Balaban J connectivity index is 1.56. The first-order valence-electron chi connectivity index (χ1n) is 10.9. The third-order valence-corrected chi connectivity index (χ3v) is 6.84. The molecular formula is C24H29ClN2O4. The number of aromatic nitrogens is 1. The van der Waals surface area contributed by atoms with Crippen LogP contribution in [0.3, 0.4) is 0 Å². The minimum Gasteiger partial charge on any atom is -0.448 e. The summed E-state index contributed by atoms with van der Waals surface area (Å²) in [6, 6.07) is 3.50. The van der Waals surface area contributed by atoms with E-state index < -0.39 is 5.79 Å². The molecule has 1 atom stereocenters. The van der Waals surface area contributed by atoms with Crippen molar-refractivity contribution in [2.75, 3.05) is 0 Å². The van der Waals surface area contributed by atoms with Crippen molar-refractivity contribution < 1.29 is 14.3 Å². The van der Waals surface area contributed by atoms with Crippen molar-refractivity contribution in [3.63, 3.8) is 0 Å². The maximum Gasteiger partial charge on any atom is 0.253 e. The third-order valence-electron chi connectivity index (χ3n) is 6.56. The van der Waals surface area contributed by atoms with Crippen LogP contribution in [0.1, 0.15) is 71.8 Å². The number of amides is 1. The summed E-state index contributed by atoms with van der Waals surface area (Å²) in [6.07, 6.45) is 5.69. The summed E-state index contributed by atoms with van der Waals surface area (Å²) in [5, 5.41) is 3.20. The molecule has 6 nitrogen and oxygen atoms in total. The number of rotatable bonds is 4. The van der Waals surface area contributed by atoms with Crippen LogP contribution in [0.2, 0.25) is 5.02 Å². The summed E-state index contributed by atoms with van der Waals surface area (Å²) in [7, 11) is 0. The Hall–Kier alpha value is -2.47. The fourth-order valence-electron chi connectivity index (χ4n) is 4.74. The number of H-pyrrole nitrogens is 1. The molecule has 4 rings (SSSR count). The Bertz CT molecular complexity index is 1090. The van der Waals surface area contributed by atoms with E-state index in [1.807, 2.05) is 33.8 Å². The van der Waals surface area contributed by atoms with Gasteiger partial charge >= 0.3 is 0 Å². The van der Waals surface area contributed by atoms with E-state index >= 15 is 0 Å². The highest BCUT2D eigenvalue weighted by atomic mass is 35.5. The standard InChI is InChI=1S/C24H29ClN2O4/c1-13-10-14(2)27-23(29)18(13)12-26-22(28)17-11-19(25)21-20(15(17)3)30-24(4,31-21)16-8-6-5-7-9-16/h10-11,16H,5-9,12H2,1-4H3,(H,26,28)(H,27,29)/t24-/m1/s1. The van der Waals surface area contributed by atoms with Gasteiger partial charge in [0.1, 0.15) is 0 Å². The van der Waals surface area contributed by atoms with E-state index in [4.69, 9.17) is 21.1 Å². The number of benzene rings is 1. The number of carbonyl (C=O) groups excluding carboxylic acids is 1. The first-order valence-corrected chi connectivity index (χ1v) is 11.3. The predicted octanol–water partition coefficient (Wildman–Crippen LogP) is 4.95. The topological polar surface area (TPSA) is 80.4 Å². The normalized spacial score (nSPS) is 20.7. The van der Waals surface area contributed by atoms with Crippen molar-refractivity contribution in [3.05, 3.63) is 55.5 Å². The number of aromatic amines is 1. The zero-order chi connectivity index (χ0) is 22.3. The highest BCUT2D eigenvalue weighted by Crippen LogP contribution is 2.51. The van der Waals surface area contributed by atoms with Crippen molar-refractivity contribution >= 4 is 17.5 Å². The molecule has 0 saturated heterocycles. The molecule has 0 radical (unpaired) electrons. The third kappa shape index (κ3) is 4.05. The van der Waals surface area contributed by atoms with Gasteiger partial charge in [-0.2, -0.15) is 0 Å². The van der Waals surface area contributed by atoms with Crippen molar-refractivity contribution in [1.29, 1.82) is 0 Å². The molecule has 1 amide bonds. The summed E-state index contributed by atoms with van der Waals surface area (Å²) in [6.45, 7) is 7.62. The van der Waals surface area contributed by atoms with Crippen molar-refractivity contribution in [2.45, 2.75) is 72.1 Å². The Labute approximate surface area is 187 Å². The lowest BCUT2D eigenvalue weighted by atomic mass is 9.84. The van der Waals surface area contributed by atoms with E-state index in [1.54, 1.807) is 6.07 Å². The average Bonchev–Trinajstić information content (AvgIpc) is 3.10. The number of nitrogens with one attached hydrogen (secondary N) is 2. The maximum atomic E-state index is 13.0. The maximum absolute atomic E-state index is 13.0. The molecular weight excluding hydrogens is 416 g/mol. The molecule has 0 spiro atoms. The lowest BCUT2D eigenvalue weighted by Crippen LogP contribution is -2.44. The summed E-state index contributed by atoms with van der Waals surface area (Å²) in [5.74, 6) is 0.261. The highest BCUT2D eigenvalue weighted by Gasteiger charge is 2.46. The van der Waals surface area contributed by atoms with Gasteiger partial charge in [0.15, 0.2) is 11.5 Å². The number of fused-ring (bicyclic) bond motifs is 1. The highest BCUT2D eigenvalue weighted by molar-refractivity contribution is 6.33. The number of aryl methyl sites for hydroxylation is 2. The second-order valence-corrected chi connectivity index (χ2v) is 9.28. The lowest BCUT2D eigenvalue weighted by Gasteiger charge is -2.34. The SMILES string of the molecule is Cc1cc(C)c(CNC(=O)c2cc(Cl)c3c(c2C)O[C@@](C)(C2CCCCC2)O3)c(=O)[nH]1. The summed E-state index contributed by atoms with van der Waals surface area (Å²) in [5.41, 5.74) is 3.07. The van der Waals surface area contributed by atoms with E-state index in [9.17, 15) is 9.59 Å². The van der Waals surface area contributed by atoms with Gasteiger partial charge in [-0.15, -0.1) is 0 Å². The number of ether oxygens (including phenoxy) is 2. The Morgan fingerprint density at radius 1 is 1.16 bits per heavy atom. The summed E-state index contributed by atoms with van der Waals surface area (Å²) < 4.78 is 12.5. The smallest absolute Gasteiger partial charge is 0.253 e. The van der Waals surface area contributed by atoms with Crippen LogP contribution in [0.15, 0.2) is 16.9 Å². The second kappa shape index (κ2) is 8.23. The molecule has 7 heteroatoms. The van der Waals surface area contributed by atoms with E-state index in [0.29, 0.717) is 33.2 Å². The van der Waals surface area contributed by atoms with Gasteiger partial charge in [-0.25, -0.2) is 0 Å². The van der Waals surface area contributed by atoms with Crippen LogP contribution < -0.4 is 20.3 Å². The quantitative estimate of drug-likeness (QED) is 0.699. The molecule has 0 unspecified atom stereocenters. The number of halogens is 1. The first kappa shape index (κ1) is 21.8. The molecule has 0 bridgehead atoms. The number of pyridine rings is 1. The van der Waals surface area contributed by atoms with Crippen molar-refractivity contribution in [3.8, 4) is 11.5 Å². The van der Waals surface area contributed by atoms with Crippen LogP contribution in [-0.2, 0) is 6.54 Å². The van der Waals surface area contributed by atoms with Gasteiger partial charge in [0.25, 0.3) is 17.3 Å². The van der Waals surface area contributed by atoms with E-state index in [2.05, 4.69) is 10.3 Å². The molecule has 2 aliphatic rings. The molecule has 2 aromatic rings. The lowest BCUT2D eigenvalue weighted by molar-refractivity contribution is -0.119. The number of carbonyl (C=O) groups is 1. The van der Waals surface area contributed by atoms with E-state index in [0.717, 1.165) is 24.1 Å². The van der Waals surface area contributed by atoms with Gasteiger partial charge in [0, 0.05) is 41.8 Å². The monoisotopic (exact) mass is 444 g/mol. The minimum absolute atomic E-state index is 0.131. The largest absolute Gasteiger partial charge is 0.448 e. The van der Waals surface area contributed by atoms with Gasteiger partial charge in [0.2, 0.25) is 0 Å². The number of hydrogen-bond acceptors (Lipinski definition) is 4. The molecule has 1 aliphatic heterocycles. The Morgan fingerprint density at radius 2 is 1.84 bits per heavy atom. The van der Waals surface area contributed by atoms with E-state index in [1.165, 1.54) is 19.3 Å². The molecule has 1 aromatic heterocycles. The molecule has 1 aliphatic carbocycles. The van der Waals surface area contributed by atoms with Crippen LogP contribution in [0.25, 0.3) is 0 Å². The molecule has 1 aromatic carbocycles. The zero-order valence-corrected chi connectivity index (χ0v) is 19.2. The van der Waals surface area contributed by atoms with Crippen LogP contribution in [0.4, 0.5) is 0 Å². The molecule has 2 N–H and O–H groups in total. The Morgan fingerprint density at radius 3 is 2.52 bits per heavy atom. The van der Waals surface area contributed by atoms with Gasteiger partial charge < -0.3 is 19.8 Å². The number of hydrogen-bond donors (Lipinski definition) is 2. The predicted molar refractivity (Wildman–Crippen MR) is 120 cm³/mol. The van der Waals surface area contributed by atoms with E-state index in [-0.39, 0.29) is 23.9 Å². The van der Waals surface area contributed by atoms with Gasteiger partial charge in [-0.1, -0.05) is 30.9 Å². The molecule has 31 heavy (non-hydrogen) atoms. The van der Waals surface area contributed by atoms with Gasteiger partial charge in [0.05, 0.1) is 5.02 Å². The van der Waals surface area contributed by atoms with Crippen LogP contribution in [0.5, 0.6) is 11.5 Å². The fourth-order valence-corrected chi connectivity index (χ4v) is 4.97. The second-order valence-electron chi connectivity index (χ2n) is 8.87. The van der Waals surface area contributed by atoms with Crippen molar-refractivity contribution in [2.24, 2.45) is 5.92 Å². The summed E-state index contributed by atoms with van der Waals surface area (Å²) >= 11 is 6.50. The summed E-state index contributed by atoms with van der Waals surface area (Å²) in [4.78, 5) is 28.0. The minimum atomic E-state index is -0.765. The van der Waals surface area contributed by atoms with Crippen LogP contribution >= 0.6 is 11.6 Å². The molecule has 1 saturated carbocycles. The zero-order valence-electron chi connectivity index (χ0n) is 18.5. The van der Waals surface area contributed by atoms with Gasteiger partial charge in [-0.05, 0) is 51.3 Å². The average molecular weight is 445 g/mol. The Kier molecular flexibility index (Phi) is 5.77. The molecule has 2 heterocycles. The van der Waals surface area contributed by atoms with Crippen LogP contribution in [0, 0.1) is 26.7 Å².